The molecule has 3 atom stereocenters. The molecule has 3 heterocycles. The molecule has 0 aromatic heterocycles. The van der Waals surface area contributed by atoms with E-state index < -0.39 is 11.7 Å². The summed E-state index contributed by atoms with van der Waals surface area (Å²) in [6, 6.07) is 4.88. The molecule has 2 bridgehead atoms. The highest BCUT2D eigenvalue weighted by Crippen LogP contribution is 2.38. The number of rotatable bonds is 4. The van der Waals surface area contributed by atoms with Crippen LogP contribution in [-0.4, -0.2) is 65.7 Å². The van der Waals surface area contributed by atoms with Crippen molar-refractivity contribution in [3.05, 3.63) is 34.6 Å². The summed E-state index contributed by atoms with van der Waals surface area (Å²) in [7, 11) is 0. The lowest BCUT2D eigenvalue weighted by Crippen LogP contribution is -2.56. The van der Waals surface area contributed by atoms with Crippen molar-refractivity contribution in [2.45, 2.75) is 69.6 Å². The first-order valence-electron chi connectivity index (χ1n) is 10.9. The van der Waals surface area contributed by atoms with E-state index >= 15 is 0 Å². The van der Waals surface area contributed by atoms with E-state index in [1.165, 1.54) is 18.2 Å². The van der Waals surface area contributed by atoms with Crippen LogP contribution in [0.4, 0.5) is 9.18 Å². The first-order chi connectivity index (χ1) is 14.5. The van der Waals surface area contributed by atoms with Gasteiger partial charge in [-0.1, -0.05) is 11.6 Å². The second-order valence-corrected chi connectivity index (χ2v) is 8.98. The summed E-state index contributed by atoms with van der Waals surface area (Å²) in [5.74, 6) is -0.980. The Labute approximate surface area is 181 Å². The lowest BCUT2D eigenvalue weighted by Gasteiger charge is -2.45. The maximum Gasteiger partial charge on any atom is 0.410 e. The Morgan fingerprint density at radius 1 is 1.20 bits per heavy atom. The number of nitrogens with one attached hydrogen (secondary N) is 1. The average Bonchev–Trinajstić information content (AvgIpc) is 3.00. The lowest BCUT2D eigenvalue weighted by molar-refractivity contribution is 0.0309. The predicted octanol–water partition coefficient (Wildman–Crippen LogP) is 3.83. The van der Waals surface area contributed by atoms with Crippen LogP contribution in [0, 0.1) is 5.82 Å². The first-order valence-corrected chi connectivity index (χ1v) is 11.3. The molecule has 8 heteroatoms. The Morgan fingerprint density at radius 3 is 2.63 bits per heavy atom. The molecule has 1 aromatic rings. The number of hydrogen-bond acceptors (Lipinski definition) is 4. The minimum atomic E-state index is -0.563. The quantitative estimate of drug-likeness (QED) is 0.777. The van der Waals surface area contributed by atoms with E-state index in [2.05, 4.69) is 10.2 Å². The molecule has 3 aliphatic heterocycles. The molecular formula is C22H29ClFN3O3. The van der Waals surface area contributed by atoms with Crippen LogP contribution < -0.4 is 5.32 Å². The number of fused-ring (bicyclic) bond motifs is 2. The molecule has 0 saturated carbocycles. The number of nitrogens with zero attached hydrogens (tertiary/aromatic N) is 2. The fraction of sp³-hybridized carbons (Fsp3) is 0.636. The van der Waals surface area contributed by atoms with Gasteiger partial charge in [-0.15, -0.1) is 0 Å². The monoisotopic (exact) mass is 437 g/mol. The molecule has 2 amide bonds. The molecule has 30 heavy (non-hydrogen) atoms. The standard InChI is InChI=1S/C22H29ClFN3O3/c1-2-30-22(29)27-16-6-7-17(27)12-18(11-16)26-9-3-4-15(13-26)25-21(28)19-10-14(23)5-8-20(19)24/h5,8,10,15-18H,2-4,6-7,9,11-13H2,1H3,(H,25,28). The number of ether oxygens (including phenoxy) is 1. The van der Waals surface area contributed by atoms with Crippen LogP contribution in [0.25, 0.3) is 0 Å². The molecule has 3 saturated heterocycles. The Bertz CT molecular complexity index is 794. The van der Waals surface area contributed by atoms with Crippen LogP contribution in [0.2, 0.25) is 5.02 Å². The van der Waals surface area contributed by atoms with E-state index in [1.807, 2.05) is 11.8 Å². The molecule has 0 aliphatic carbocycles. The molecule has 0 spiro atoms. The summed E-state index contributed by atoms with van der Waals surface area (Å²) in [6.45, 7) is 3.97. The number of carbonyl (C=O) groups is 2. The average molecular weight is 438 g/mol. The number of likely N-dealkylation sites (tertiary alicyclic amines) is 1. The number of hydrogen-bond donors (Lipinski definition) is 1. The maximum atomic E-state index is 14.0. The van der Waals surface area contributed by atoms with Gasteiger partial charge in [0.05, 0.1) is 12.2 Å². The number of amides is 2. The predicted molar refractivity (Wildman–Crippen MR) is 112 cm³/mol. The molecule has 6 nitrogen and oxygen atoms in total. The van der Waals surface area contributed by atoms with Gasteiger partial charge >= 0.3 is 6.09 Å². The number of halogens is 2. The van der Waals surface area contributed by atoms with Gasteiger partial charge in [0.15, 0.2) is 0 Å². The smallest absolute Gasteiger partial charge is 0.410 e. The topological polar surface area (TPSA) is 61.9 Å². The van der Waals surface area contributed by atoms with Gasteiger partial charge in [-0.05, 0) is 70.2 Å². The van der Waals surface area contributed by atoms with Gasteiger partial charge in [-0.3, -0.25) is 9.69 Å². The maximum absolute atomic E-state index is 14.0. The lowest BCUT2D eigenvalue weighted by atomic mass is 9.93. The highest BCUT2D eigenvalue weighted by Gasteiger charge is 2.45. The molecule has 3 aliphatic rings. The van der Waals surface area contributed by atoms with E-state index in [4.69, 9.17) is 16.3 Å². The summed E-state index contributed by atoms with van der Waals surface area (Å²) in [4.78, 5) is 29.3. The minimum absolute atomic E-state index is 0.0135. The van der Waals surface area contributed by atoms with E-state index in [0.717, 1.165) is 51.6 Å². The molecule has 3 fully saturated rings. The normalized spacial score (nSPS) is 29.0. The van der Waals surface area contributed by atoms with Gasteiger partial charge in [0.25, 0.3) is 5.91 Å². The number of benzene rings is 1. The van der Waals surface area contributed by atoms with Crippen molar-refractivity contribution in [3.63, 3.8) is 0 Å². The first kappa shape index (κ1) is 21.4. The second-order valence-electron chi connectivity index (χ2n) is 8.55. The Balaban J connectivity index is 1.36. The van der Waals surface area contributed by atoms with Crippen molar-refractivity contribution in [2.75, 3.05) is 19.7 Å². The van der Waals surface area contributed by atoms with Gasteiger partial charge in [-0.25, -0.2) is 9.18 Å². The fourth-order valence-electron chi connectivity index (χ4n) is 5.33. The number of carbonyl (C=O) groups excluding carboxylic acids is 2. The SMILES string of the molecule is CCOC(=O)N1C2CCC1CC(N1CCCC(NC(=O)c3cc(Cl)ccc3F)C1)C2. The van der Waals surface area contributed by atoms with Gasteiger partial charge in [-0.2, -0.15) is 0 Å². The van der Waals surface area contributed by atoms with E-state index in [0.29, 0.717) is 17.7 Å². The molecule has 1 N–H and O–H groups in total. The van der Waals surface area contributed by atoms with Crippen LogP contribution in [-0.2, 0) is 4.74 Å². The van der Waals surface area contributed by atoms with E-state index in [9.17, 15) is 14.0 Å². The second kappa shape index (κ2) is 9.10. The summed E-state index contributed by atoms with van der Waals surface area (Å²) in [6.07, 6.45) is 5.62. The Morgan fingerprint density at radius 2 is 1.93 bits per heavy atom. The highest BCUT2D eigenvalue weighted by molar-refractivity contribution is 6.31. The van der Waals surface area contributed by atoms with E-state index in [-0.39, 0.29) is 29.8 Å². The van der Waals surface area contributed by atoms with Gasteiger partial charge in [0.2, 0.25) is 0 Å². The van der Waals surface area contributed by atoms with E-state index in [1.54, 1.807) is 0 Å². The van der Waals surface area contributed by atoms with Gasteiger partial charge < -0.3 is 15.0 Å². The third-order valence-corrected chi connectivity index (χ3v) is 6.90. The summed E-state index contributed by atoms with van der Waals surface area (Å²) in [5, 5.41) is 3.33. The summed E-state index contributed by atoms with van der Waals surface area (Å²) < 4.78 is 19.3. The zero-order valence-electron chi connectivity index (χ0n) is 17.3. The van der Waals surface area contributed by atoms with Crippen molar-refractivity contribution < 1.29 is 18.7 Å². The Hall–Kier alpha value is -1.86. The van der Waals surface area contributed by atoms with Crippen molar-refractivity contribution in [3.8, 4) is 0 Å². The summed E-state index contributed by atoms with van der Waals surface area (Å²) >= 11 is 5.92. The summed E-state index contributed by atoms with van der Waals surface area (Å²) in [5.41, 5.74) is -0.0135. The van der Waals surface area contributed by atoms with Crippen molar-refractivity contribution >= 4 is 23.6 Å². The van der Waals surface area contributed by atoms with Gasteiger partial charge in [0, 0.05) is 35.7 Å². The van der Waals surface area contributed by atoms with Crippen LogP contribution in [0.1, 0.15) is 55.8 Å². The molecule has 4 rings (SSSR count). The molecule has 164 valence electrons. The van der Waals surface area contributed by atoms with Crippen LogP contribution in [0.5, 0.6) is 0 Å². The fourth-order valence-corrected chi connectivity index (χ4v) is 5.51. The molecular weight excluding hydrogens is 409 g/mol. The molecule has 1 aromatic carbocycles. The zero-order chi connectivity index (χ0) is 21.3. The van der Waals surface area contributed by atoms with Crippen LogP contribution in [0.15, 0.2) is 18.2 Å². The number of piperidine rings is 2. The van der Waals surface area contributed by atoms with Crippen molar-refractivity contribution in [1.29, 1.82) is 0 Å². The molecule has 3 unspecified atom stereocenters. The van der Waals surface area contributed by atoms with Gasteiger partial charge in [0.1, 0.15) is 5.82 Å². The van der Waals surface area contributed by atoms with Crippen molar-refractivity contribution in [2.24, 2.45) is 0 Å². The zero-order valence-corrected chi connectivity index (χ0v) is 18.0. The van der Waals surface area contributed by atoms with Crippen LogP contribution in [0.3, 0.4) is 0 Å². The minimum Gasteiger partial charge on any atom is -0.450 e. The van der Waals surface area contributed by atoms with Crippen LogP contribution >= 0.6 is 11.6 Å². The largest absolute Gasteiger partial charge is 0.450 e. The highest BCUT2D eigenvalue weighted by atomic mass is 35.5. The molecule has 0 radical (unpaired) electrons. The van der Waals surface area contributed by atoms with Crippen molar-refractivity contribution in [1.82, 2.24) is 15.1 Å². The Kier molecular flexibility index (Phi) is 6.48. The third-order valence-electron chi connectivity index (χ3n) is 6.66. The third kappa shape index (κ3) is 4.42.